The normalized spacial score (nSPS) is 23.2. The summed E-state index contributed by atoms with van der Waals surface area (Å²) in [5.74, 6) is -0.274. The van der Waals surface area contributed by atoms with Crippen LogP contribution in [0.5, 0.6) is 0 Å². The van der Waals surface area contributed by atoms with E-state index in [9.17, 15) is 4.79 Å². The second-order valence-electron chi connectivity index (χ2n) is 3.24. The van der Waals surface area contributed by atoms with E-state index in [1.807, 2.05) is 13.8 Å². The van der Waals surface area contributed by atoms with Gasteiger partial charge < -0.3 is 9.47 Å². The van der Waals surface area contributed by atoms with E-state index in [0.717, 1.165) is 5.57 Å². The van der Waals surface area contributed by atoms with E-state index in [4.69, 9.17) is 9.47 Å². The highest BCUT2D eigenvalue weighted by atomic mass is 16.6. The van der Waals surface area contributed by atoms with Crippen LogP contribution < -0.4 is 0 Å². The summed E-state index contributed by atoms with van der Waals surface area (Å²) in [6, 6.07) is 0. The summed E-state index contributed by atoms with van der Waals surface area (Å²) in [7, 11) is 0. The third-order valence-corrected chi connectivity index (χ3v) is 1.58. The quantitative estimate of drug-likeness (QED) is 0.462. The minimum atomic E-state index is -0.417. The molecule has 12 heavy (non-hydrogen) atoms. The molecule has 0 radical (unpaired) electrons. The van der Waals surface area contributed by atoms with Crippen molar-refractivity contribution in [2.24, 2.45) is 0 Å². The monoisotopic (exact) mass is 170 g/mol. The zero-order chi connectivity index (χ0) is 9.14. The topological polar surface area (TPSA) is 35.5 Å². The van der Waals surface area contributed by atoms with Gasteiger partial charge in [0.1, 0.15) is 0 Å². The maximum atomic E-state index is 11.2. The van der Waals surface area contributed by atoms with Crippen LogP contribution in [0.1, 0.15) is 20.3 Å². The molecule has 1 saturated heterocycles. The van der Waals surface area contributed by atoms with Gasteiger partial charge in [0.15, 0.2) is 6.10 Å². The average Bonchev–Trinajstić information content (AvgIpc) is 2.34. The highest BCUT2D eigenvalue weighted by Gasteiger charge is 2.27. The van der Waals surface area contributed by atoms with Gasteiger partial charge in [-0.3, -0.25) is 0 Å². The molecule has 0 N–H and O–H groups in total. The van der Waals surface area contributed by atoms with Crippen LogP contribution in [0.2, 0.25) is 0 Å². The molecule has 1 aliphatic rings. The van der Waals surface area contributed by atoms with Gasteiger partial charge in [0.05, 0.1) is 12.7 Å². The molecule has 3 nitrogen and oxygen atoms in total. The van der Waals surface area contributed by atoms with Crippen LogP contribution in [-0.4, -0.2) is 24.8 Å². The minimum Gasteiger partial charge on any atom is -0.461 e. The fourth-order valence-electron chi connectivity index (χ4n) is 1.06. The van der Waals surface area contributed by atoms with Crippen LogP contribution in [0.15, 0.2) is 12.2 Å². The number of hydrogen-bond donors (Lipinski definition) is 0. The first-order valence-electron chi connectivity index (χ1n) is 4.08. The minimum absolute atomic E-state index is 0.0741. The van der Waals surface area contributed by atoms with Crippen molar-refractivity contribution in [3.05, 3.63) is 12.2 Å². The molecule has 68 valence electrons. The van der Waals surface area contributed by atoms with Gasteiger partial charge in [0.25, 0.3) is 0 Å². The van der Waals surface area contributed by atoms with Crippen molar-refractivity contribution < 1.29 is 14.3 Å². The van der Waals surface area contributed by atoms with Crippen molar-refractivity contribution in [1.82, 2.24) is 0 Å². The molecule has 3 heteroatoms. The summed E-state index contributed by atoms with van der Waals surface area (Å²) in [5, 5.41) is 0. The van der Waals surface area contributed by atoms with Crippen LogP contribution in [0, 0.1) is 0 Å². The molecule has 0 spiro atoms. The predicted molar refractivity (Wildman–Crippen MR) is 44.7 cm³/mol. The Morgan fingerprint density at radius 1 is 1.75 bits per heavy atom. The second kappa shape index (κ2) is 3.72. The Morgan fingerprint density at radius 3 is 2.83 bits per heavy atom. The molecular formula is C9H14O3. The molecule has 0 bridgehead atoms. The average molecular weight is 170 g/mol. The van der Waals surface area contributed by atoms with Crippen LogP contribution in [-0.2, 0) is 14.3 Å². The molecule has 1 heterocycles. The first-order valence-corrected chi connectivity index (χ1v) is 4.08. The molecular weight excluding hydrogens is 156 g/mol. The van der Waals surface area contributed by atoms with Gasteiger partial charge in [-0.1, -0.05) is 6.58 Å². The summed E-state index contributed by atoms with van der Waals surface area (Å²) < 4.78 is 10.1. The van der Waals surface area contributed by atoms with Crippen molar-refractivity contribution in [1.29, 1.82) is 0 Å². The SMILES string of the molecule is C=C1COC(C(=O)OC(C)C)C1. The van der Waals surface area contributed by atoms with E-state index in [1.165, 1.54) is 0 Å². The van der Waals surface area contributed by atoms with Gasteiger partial charge in [0.2, 0.25) is 0 Å². The number of carbonyl (C=O) groups is 1. The number of rotatable bonds is 2. The van der Waals surface area contributed by atoms with E-state index >= 15 is 0 Å². The fourth-order valence-corrected chi connectivity index (χ4v) is 1.06. The van der Waals surface area contributed by atoms with Crippen LogP contribution in [0.25, 0.3) is 0 Å². The summed E-state index contributed by atoms with van der Waals surface area (Å²) >= 11 is 0. The van der Waals surface area contributed by atoms with Gasteiger partial charge in [0, 0.05) is 6.42 Å². The Hall–Kier alpha value is -0.830. The molecule has 0 saturated carbocycles. The predicted octanol–water partition coefficient (Wildman–Crippen LogP) is 1.28. The summed E-state index contributed by atoms with van der Waals surface area (Å²) in [6.45, 7) is 7.86. The number of esters is 1. The smallest absolute Gasteiger partial charge is 0.335 e. The highest BCUT2D eigenvalue weighted by Crippen LogP contribution is 2.18. The molecule has 0 aliphatic carbocycles. The van der Waals surface area contributed by atoms with Crippen molar-refractivity contribution in [3.8, 4) is 0 Å². The molecule has 0 amide bonds. The maximum Gasteiger partial charge on any atom is 0.335 e. The van der Waals surface area contributed by atoms with Crippen LogP contribution in [0.3, 0.4) is 0 Å². The number of carbonyl (C=O) groups excluding carboxylic acids is 1. The first kappa shape index (κ1) is 9.26. The van der Waals surface area contributed by atoms with Gasteiger partial charge >= 0.3 is 5.97 Å². The maximum absolute atomic E-state index is 11.2. The Labute approximate surface area is 72.4 Å². The van der Waals surface area contributed by atoms with Crippen molar-refractivity contribution >= 4 is 5.97 Å². The van der Waals surface area contributed by atoms with Crippen LogP contribution >= 0.6 is 0 Å². The Kier molecular flexibility index (Phi) is 2.87. The lowest BCUT2D eigenvalue weighted by Gasteiger charge is -2.11. The summed E-state index contributed by atoms with van der Waals surface area (Å²) in [5.41, 5.74) is 0.959. The number of hydrogen-bond acceptors (Lipinski definition) is 3. The lowest BCUT2D eigenvalue weighted by molar-refractivity contribution is -0.158. The molecule has 1 aliphatic heterocycles. The Bertz CT molecular complexity index is 196. The Morgan fingerprint density at radius 2 is 2.42 bits per heavy atom. The van der Waals surface area contributed by atoms with Gasteiger partial charge in [-0.15, -0.1) is 0 Å². The van der Waals surface area contributed by atoms with Crippen molar-refractivity contribution in [2.75, 3.05) is 6.61 Å². The molecule has 1 fully saturated rings. The van der Waals surface area contributed by atoms with Crippen molar-refractivity contribution in [2.45, 2.75) is 32.5 Å². The molecule has 0 aromatic heterocycles. The van der Waals surface area contributed by atoms with Crippen LogP contribution in [0.4, 0.5) is 0 Å². The fraction of sp³-hybridized carbons (Fsp3) is 0.667. The lowest BCUT2D eigenvalue weighted by Crippen LogP contribution is -2.24. The molecule has 1 atom stereocenters. The second-order valence-corrected chi connectivity index (χ2v) is 3.24. The number of ether oxygens (including phenoxy) is 2. The Balaban J connectivity index is 2.38. The molecule has 0 aromatic carbocycles. The summed E-state index contributed by atoms with van der Waals surface area (Å²) in [6.07, 6.45) is 0.112. The third kappa shape index (κ3) is 2.34. The van der Waals surface area contributed by atoms with Gasteiger partial charge in [-0.25, -0.2) is 4.79 Å². The third-order valence-electron chi connectivity index (χ3n) is 1.58. The molecule has 1 rings (SSSR count). The first-order chi connectivity index (χ1) is 5.59. The van der Waals surface area contributed by atoms with E-state index in [2.05, 4.69) is 6.58 Å². The zero-order valence-corrected chi connectivity index (χ0v) is 7.50. The standard InChI is InChI=1S/C9H14O3/c1-6(2)12-9(10)8-4-7(3)5-11-8/h6,8H,3-5H2,1-2H3. The molecule has 1 unspecified atom stereocenters. The van der Waals surface area contributed by atoms with E-state index in [0.29, 0.717) is 13.0 Å². The largest absolute Gasteiger partial charge is 0.461 e. The van der Waals surface area contributed by atoms with Crippen molar-refractivity contribution in [3.63, 3.8) is 0 Å². The zero-order valence-electron chi connectivity index (χ0n) is 7.50. The highest BCUT2D eigenvalue weighted by molar-refractivity contribution is 5.75. The lowest BCUT2D eigenvalue weighted by atomic mass is 10.2. The van der Waals surface area contributed by atoms with Gasteiger partial charge in [-0.05, 0) is 19.4 Å². The summed E-state index contributed by atoms with van der Waals surface area (Å²) in [4.78, 5) is 11.2. The van der Waals surface area contributed by atoms with Gasteiger partial charge in [-0.2, -0.15) is 0 Å². The molecule has 0 aromatic rings. The van der Waals surface area contributed by atoms with E-state index in [-0.39, 0.29) is 12.1 Å². The van der Waals surface area contributed by atoms with E-state index in [1.54, 1.807) is 0 Å². The van der Waals surface area contributed by atoms with E-state index < -0.39 is 6.10 Å².